The van der Waals surface area contributed by atoms with Crippen LogP contribution in [0.15, 0.2) is 24.5 Å². The van der Waals surface area contributed by atoms with E-state index in [1.165, 1.54) is 11.1 Å². The Hall–Kier alpha value is -2.72. The molecule has 3 aliphatic heterocycles. The molecule has 1 aromatic carbocycles. The lowest BCUT2D eigenvalue weighted by Gasteiger charge is -2.40. The lowest BCUT2D eigenvalue weighted by atomic mass is 9.88. The second-order valence-corrected chi connectivity index (χ2v) is 9.85. The first-order chi connectivity index (χ1) is 17.1. The van der Waals surface area contributed by atoms with Crippen LogP contribution in [0.5, 0.6) is 0 Å². The van der Waals surface area contributed by atoms with E-state index in [1.54, 1.807) is 12.4 Å². The zero-order valence-electron chi connectivity index (χ0n) is 19.7. The summed E-state index contributed by atoms with van der Waals surface area (Å²) in [5.74, 6) is 0. The second-order valence-electron chi connectivity index (χ2n) is 9.45. The van der Waals surface area contributed by atoms with Crippen LogP contribution in [0.4, 0.5) is 4.79 Å². The van der Waals surface area contributed by atoms with Gasteiger partial charge in [0, 0.05) is 37.9 Å². The molecule has 2 aromatic heterocycles. The number of carbonyl (C=O) groups is 1. The van der Waals surface area contributed by atoms with Crippen molar-refractivity contribution in [2.24, 2.45) is 0 Å². The van der Waals surface area contributed by atoms with Crippen LogP contribution in [0.3, 0.4) is 0 Å². The van der Waals surface area contributed by atoms with Crippen LogP contribution in [-0.4, -0.2) is 82.9 Å². The molecule has 2 amide bonds. The van der Waals surface area contributed by atoms with E-state index >= 15 is 0 Å². The van der Waals surface area contributed by atoms with Gasteiger partial charge < -0.3 is 29.6 Å². The van der Waals surface area contributed by atoms with Crippen LogP contribution in [-0.2, 0) is 22.4 Å². The number of urea groups is 1. The molecule has 3 aliphatic rings. The van der Waals surface area contributed by atoms with Crippen molar-refractivity contribution in [3.8, 4) is 11.3 Å². The summed E-state index contributed by atoms with van der Waals surface area (Å²) in [5.41, 5.74) is 6.72. The van der Waals surface area contributed by atoms with Crippen molar-refractivity contribution in [2.45, 2.75) is 32.0 Å². The van der Waals surface area contributed by atoms with Crippen molar-refractivity contribution in [3.05, 3.63) is 46.2 Å². The lowest BCUT2D eigenvalue weighted by Crippen LogP contribution is -2.53. The van der Waals surface area contributed by atoms with E-state index in [4.69, 9.17) is 26.1 Å². The summed E-state index contributed by atoms with van der Waals surface area (Å²) in [5, 5.41) is 4.15. The standard InChI is InChI=1S/C25H29ClN6O3/c1-15-13-35-7-5-32(15)25(33)31-4-2-16-8-17(21-11-29-24-23(30-21)20(26)10-28-24)9-18(19(16)12-31)22-14-34-6-3-27-22/h8-11,15,22,27H,2-7,12-14H2,1H3,(H,28,29)/t15-,22-/m0/s1. The minimum absolute atomic E-state index is 0.0577. The van der Waals surface area contributed by atoms with Gasteiger partial charge in [-0.15, -0.1) is 0 Å². The molecule has 0 aliphatic carbocycles. The number of aromatic amines is 1. The first-order valence-electron chi connectivity index (χ1n) is 12.2. The summed E-state index contributed by atoms with van der Waals surface area (Å²) >= 11 is 6.31. The van der Waals surface area contributed by atoms with Gasteiger partial charge in [-0.05, 0) is 42.2 Å². The van der Waals surface area contributed by atoms with Gasteiger partial charge in [-0.25, -0.2) is 14.8 Å². The summed E-state index contributed by atoms with van der Waals surface area (Å²) in [7, 11) is 0. The van der Waals surface area contributed by atoms with Crippen LogP contribution in [0.2, 0.25) is 5.02 Å². The Morgan fingerprint density at radius 3 is 2.91 bits per heavy atom. The molecule has 184 valence electrons. The van der Waals surface area contributed by atoms with Gasteiger partial charge in [0.25, 0.3) is 0 Å². The number of rotatable bonds is 2. The van der Waals surface area contributed by atoms with Crippen molar-refractivity contribution >= 4 is 28.8 Å². The Morgan fingerprint density at radius 2 is 2.09 bits per heavy atom. The maximum absolute atomic E-state index is 13.4. The van der Waals surface area contributed by atoms with Crippen LogP contribution >= 0.6 is 11.6 Å². The molecule has 9 nitrogen and oxygen atoms in total. The topological polar surface area (TPSA) is 95.6 Å². The molecule has 0 spiro atoms. The molecule has 0 saturated carbocycles. The van der Waals surface area contributed by atoms with Crippen molar-refractivity contribution in [2.75, 3.05) is 46.1 Å². The number of fused-ring (bicyclic) bond motifs is 2. The number of hydrogen-bond donors (Lipinski definition) is 2. The average molecular weight is 497 g/mol. The number of amides is 2. The average Bonchev–Trinajstić information content (AvgIpc) is 3.28. The maximum Gasteiger partial charge on any atom is 0.320 e. The van der Waals surface area contributed by atoms with E-state index in [9.17, 15) is 4.79 Å². The van der Waals surface area contributed by atoms with Gasteiger partial charge in [0.05, 0.1) is 55.4 Å². The van der Waals surface area contributed by atoms with Crippen molar-refractivity contribution in [3.63, 3.8) is 0 Å². The number of morpholine rings is 2. The minimum atomic E-state index is 0.0577. The third kappa shape index (κ3) is 4.27. The SMILES string of the molecule is C[C@H]1COCCN1C(=O)N1CCc2cc(-c3cnc4[nH]cc(Cl)c4n3)cc([C@@H]3COCCN3)c2C1. The quantitative estimate of drug-likeness (QED) is 0.566. The van der Waals surface area contributed by atoms with E-state index in [0.717, 1.165) is 29.8 Å². The zero-order valence-corrected chi connectivity index (χ0v) is 20.5. The normalized spacial score (nSPS) is 22.9. The van der Waals surface area contributed by atoms with E-state index in [-0.39, 0.29) is 18.1 Å². The number of benzene rings is 1. The number of nitrogens with zero attached hydrogens (tertiary/aromatic N) is 4. The fraction of sp³-hybridized carbons (Fsp3) is 0.480. The molecule has 3 aromatic rings. The molecule has 0 radical (unpaired) electrons. The highest BCUT2D eigenvalue weighted by atomic mass is 35.5. The highest BCUT2D eigenvalue weighted by Crippen LogP contribution is 2.34. The van der Waals surface area contributed by atoms with Gasteiger partial charge in [-0.1, -0.05) is 11.6 Å². The largest absolute Gasteiger partial charge is 0.378 e. The van der Waals surface area contributed by atoms with Crippen molar-refractivity contribution in [1.29, 1.82) is 0 Å². The molecule has 0 unspecified atom stereocenters. The summed E-state index contributed by atoms with van der Waals surface area (Å²) < 4.78 is 11.3. The number of H-pyrrole nitrogens is 1. The smallest absolute Gasteiger partial charge is 0.320 e. The van der Waals surface area contributed by atoms with Gasteiger partial charge >= 0.3 is 6.03 Å². The molecule has 10 heteroatoms. The number of aromatic nitrogens is 3. The number of carbonyl (C=O) groups excluding carboxylic acids is 1. The monoisotopic (exact) mass is 496 g/mol. The summed E-state index contributed by atoms with van der Waals surface area (Å²) in [6, 6.07) is 4.60. The van der Waals surface area contributed by atoms with Gasteiger partial charge in [-0.3, -0.25) is 0 Å². The van der Waals surface area contributed by atoms with E-state index in [1.807, 2.05) is 16.7 Å². The van der Waals surface area contributed by atoms with Crippen LogP contribution in [0.1, 0.15) is 29.7 Å². The summed E-state index contributed by atoms with van der Waals surface area (Å²) in [4.78, 5) is 29.7. The van der Waals surface area contributed by atoms with Gasteiger partial charge in [0.2, 0.25) is 0 Å². The first-order valence-corrected chi connectivity index (χ1v) is 12.6. The molecule has 2 fully saturated rings. The van der Waals surface area contributed by atoms with E-state index in [0.29, 0.717) is 62.2 Å². The molecule has 0 bridgehead atoms. The Morgan fingerprint density at radius 1 is 1.20 bits per heavy atom. The third-order valence-corrected chi connectivity index (χ3v) is 7.48. The number of ether oxygens (including phenoxy) is 2. The van der Waals surface area contributed by atoms with E-state index in [2.05, 4.69) is 27.4 Å². The van der Waals surface area contributed by atoms with Crippen molar-refractivity contribution in [1.82, 2.24) is 30.1 Å². The number of hydrogen-bond acceptors (Lipinski definition) is 6. The first kappa shape index (κ1) is 22.7. The fourth-order valence-electron chi connectivity index (χ4n) is 5.28. The molecule has 5 heterocycles. The van der Waals surface area contributed by atoms with Crippen LogP contribution in [0.25, 0.3) is 22.4 Å². The maximum atomic E-state index is 13.4. The van der Waals surface area contributed by atoms with Gasteiger partial charge in [0.1, 0.15) is 5.52 Å². The van der Waals surface area contributed by atoms with Crippen molar-refractivity contribution < 1.29 is 14.3 Å². The highest BCUT2D eigenvalue weighted by molar-refractivity contribution is 6.34. The highest BCUT2D eigenvalue weighted by Gasteiger charge is 2.32. The molecule has 2 atom stereocenters. The molecule has 35 heavy (non-hydrogen) atoms. The zero-order chi connectivity index (χ0) is 23.9. The molecule has 2 N–H and O–H groups in total. The fourth-order valence-corrected chi connectivity index (χ4v) is 5.46. The third-order valence-electron chi connectivity index (χ3n) is 7.19. The molecule has 2 saturated heterocycles. The lowest BCUT2D eigenvalue weighted by molar-refractivity contribution is 0.00929. The predicted molar refractivity (Wildman–Crippen MR) is 132 cm³/mol. The minimum Gasteiger partial charge on any atom is -0.378 e. The molecular formula is C25H29ClN6O3. The number of halogens is 1. The number of nitrogens with one attached hydrogen (secondary N) is 2. The predicted octanol–water partition coefficient (Wildman–Crippen LogP) is 3.14. The van der Waals surface area contributed by atoms with Crippen LogP contribution in [0, 0.1) is 0 Å². The Kier molecular flexibility index (Phi) is 6.09. The Balaban J connectivity index is 1.37. The second kappa shape index (κ2) is 9.39. The van der Waals surface area contributed by atoms with Crippen LogP contribution < -0.4 is 5.32 Å². The molecule has 6 rings (SSSR count). The Labute approximate surface area is 208 Å². The Bertz CT molecular complexity index is 1260. The van der Waals surface area contributed by atoms with Gasteiger partial charge in [-0.2, -0.15) is 0 Å². The van der Waals surface area contributed by atoms with E-state index < -0.39 is 0 Å². The summed E-state index contributed by atoms with van der Waals surface area (Å²) in [6.45, 7) is 7.22. The van der Waals surface area contributed by atoms with Gasteiger partial charge in [0.15, 0.2) is 5.65 Å². The summed E-state index contributed by atoms with van der Waals surface area (Å²) in [6.07, 6.45) is 4.28. The molecular weight excluding hydrogens is 468 g/mol.